The van der Waals surface area contributed by atoms with Crippen molar-refractivity contribution in [1.82, 2.24) is 9.21 Å². The van der Waals surface area contributed by atoms with Gasteiger partial charge < -0.3 is 9.64 Å². The van der Waals surface area contributed by atoms with Gasteiger partial charge in [-0.15, -0.1) is 0 Å². The van der Waals surface area contributed by atoms with Crippen LogP contribution in [-0.4, -0.2) is 56.3 Å². The maximum Gasteiger partial charge on any atom is 0.253 e. The highest BCUT2D eigenvalue weighted by Gasteiger charge is 2.32. The van der Waals surface area contributed by atoms with Gasteiger partial charge in [-0.25, -0.2) is 17.2 Å². The standard InChI is InChI=1S/C22H26F2N2O4S/c1-16(2)9-14-30-19-6-3-17(4-7-19)22(27)25-10-12-26(13-11-25)31(28,29)21-15-18(23)5-8-20(21)24/h3-8,15-16H,9-14H2,1-2H3. The van der Waals surface area contributed by atoms with Crippen molar-refractivity contribution in [3.05, 3.63) is 59.7 Å². The van der Waals surface area contributed by atoms with Gasteiger partial charge in [-0.05, 0) is 54.8 Å². The minimum Gasteiger partial charge on any atom is -0.494 e. The molecule has 1 aliphatic rings. The fourth-order valence-corrected chi connectivity index (χ4v) is 4.73. The van der Waals surface area contributed by atoms with E-state index in [0.29, 0.717) is 29.9 Å². The lowest BCUT2D eigenvalue weighted by atomic mass is 10.1. The first-order valence-corrected chi connectivity index (χ1v) is 11.6. The van der Waals surface area contributed by atoms with Crippen molar-refractivity contribution in [2.75, 3.05) is 32.8 Å². The molecule has 0 aliphatic carbocycles. The molecule has 1 saturated heterocycles. The quantitative estimate of drug-likeness (QED) is 0.645. The summed E-state index contributed by atoms with van der Waals surface area (Å²) in [6.45, 7) is 5.15. The van der Waals surface area contributed by atoms with Gasteiger partial charge in [-0.3, -0.25) is 4.79 Å². The Bertz CT molecular complexity index is 1020. The molecule has 1 amide bonds. The van der Waals surface area contributed by atoms with Gasteiger partial charge in [0.25, 0.3) is 5.91 Å². The largest absolute Gasteiger partial charge is 0.494 e. The van der Waals surface area contributed by atoms with Crippen LogP contribution < -0.4 is 4.74 Å². The third-order valence-corrected chi connectivity index (χ3v) is 7.02. The zero-order chi connectivity index (χ0) is 22.6. The summed E-state index contributed by atoms with van der Waals surface area (Å²) in [7, 11) is -4.19. The maximum atomic E-state index is 13.9. The van der Waals surface area contributed by atoms with E-state index >= 15 is 0 Å². The molecule has 0 aromatic heterocycles. The molecular formula is C22H26F2N2O4S. The molecule has 1 fully saturated rings. The van der Waals surface area contributed by atoms with Gasteiger partial charge in [-0.1, -0.05) is 13.8 Å². The highest BCUT2D eigenvalue weighted by atomic mass is 32.2. The summed E-state index contributed by atoms with van der Waals surface area (Å²) in [6, 6.07) is 9.16. The summed E-state index contributed by atoms with van der Waals surface area (Å²) < 4.78 is 59.4. The maximum absolute atomic E-state index is 13.9. The van der Waals surface area contributed by atoms with Crippen molar-refractivity contribution in [3.63, 3.8) is 0 Å². The number of sulfonamides is 1. The number of nitrogens with zero attached hydrogens (tertiary/aromatic N) is 2. The van der Waals surface area contributed by atoms with Crippen LogP contribution >= 0.6 is 0 Å². The summed E-state index contributed by atoms with van der Waals surface area (Å²) in [6.07, 6.45) is 0.938. The molecule has 6 nitrogen and oxygen atoms in total. The Morgan fingerprint density at radius 3 is 2.29 bits per heavy atom. The second kappa shape index (κ2) is 9.74. The second-order valence-electron chi connectivity index (χ2n) is 7.83. The van der Waals surface area contributed by atoms with E-state index in [0.717, 1.165) is 22.9 Å². The molecule has 9 heteroatoms. The van der Waals surface area contributed by atoms with Gasteiger partial charge >= 0.3 is 0 Å². The lowest BCUT2D eigenvalue weighted by molar-refractivity contribution is 0.0697. The van der Waals surface area contributed by atoms with Crippen molar-refractivity contribution in [3.8, 4) is 5.75 Å². The predicted molar refractivity (Wildman–Crippen MR) is 112 cm³/mol. The Morgan fingerprint density at radius 1 is 1.03 bits per heavy atom. The Hall–Kier alpha value is -2.52. The van der Waals surface area contributed by atoms with E-state index in [9.17, 15) is 22.0 Å². The van der Waals surface area contributed by atoms with E-state index in [1.54, 1.807) is 29.2 Å². The Balaban J connectivity index is 1.60. The second-order valence-corrected chi connectivity index (χ2v) is 9.73. The first kappa shape index (κ1) is 23.1. The van der Waals surface area contributed by atoms with Gasteiger partial charge in [0.2, 0.25) is 10.0 Å². The number of carbonyl (C=O) groups excluding carboxylic acids is 1. The van der Waals surface area contributed by atoms with Crippen LogP contribution in [0.1, 0.15) is 30.6 Å². The van der Waals surface area contributed by atoms with Crippen LogP contribution in [0.3, 0.4) is 0 Å². The highest BCUT2D eigenvalue weighted by molar-refractivity contribution is 7.89. The lowest BCUT2D eigenvalue weighted by Gasteiger charge is -2.34. The number of rotatable bonds is 7. The topological polar surface area (TPSA) is 66.9 Å². The molecule has 2 aromatic carbocycles. The highest BCUT2D eigenvalue weighted by Crippen LogP contribution is 2.22. The van der Waals surface area contributed by atoms with Crippen LogP contribution in [-0.2, 0) is 10.0 Å². The molecule has 1 aliphatic heterocycles. The molecule has 0 saturated carbocycles. The number of halogens is 2. The van der Waals surface area contributed by atoms with Crippen LogP contribution in [0.2, 0.25) is 0 Å². The molecule has 1 heterocycles. The summed E-state index contributed by atoms with van der Waals surface area (Å²) in [5, 5.41) is 0. The number of piperazine rings is 1. The number of amides is 1. The van der Waals surface area contributed by atoms with Crippen molar-refractivity contribution in [2.45, 2.75) is 25.2 Å². The van der Waals surface area contributed by atoms with Crippen LogP contribution in [0, 0.1) is 17.6 Å². The van der Waals surface area contributed by atoms with E-state index < -0.39 is 26.6 Å². The normalized spacial score (nSPS) is 15.3. The molecule has 0 unspecified atom stereocenters. The average Bonchev–Trinajstić information content (AvgIpc) is 2.75. The third kappa shape index (κ3) is 5.59. The van der Waals surface area contributed by atoms with E-state index in [1.807, 2.05) is 0 Å². The summed E-state index contributed by atoms with van der Waals surface area (Å²) in [5.41, 5.74) is 0.476. The Kier molecular flexibility index (Phi) is 7.27. The summed E-state index contributed by atoms with van der Waals surface area (Å²) in [5.74, 6) is -0.824. The van der Waals surface area contributed by atoms with E-state index in [1.165, 1.54) is 0 Å². The van der Waals surface area contributed by atoms with Gasteiger partial charge in [0.05, 0.1) is 6.61 Å². The van der Waals surface area contributed by atoms with Gasteiger partial charge in [0.1, 0.15) is 22.3 Å². The zero-order valence-electron chi connectivity index (χ0n) is 17.6. The lowest BCUT2D eigenvalue weighted by Crippen LogP contribution is -2.50. The smallest absolute Gasteiger partial charge is 0.253 e. The van der Waals surface area contributed by atoms with Gasteiger partial charge in [0.15, 0.2) is 0 Å². The van der Waals surface area contributed by atoms with Crippen molar-refractivity contribution < 1.29 is 26.7 Å². The molecule has 0 atom stereocenters. The number of hydrogen-bond acceptors (Lipinski definition) is 4. The van der Waals surface area contributed by atoms with E-state index in [4.69, 9.17) is 4.74 Å². The van der Waals surface area contributed by atoms with Crippen molar-refractivity contribution in [2.24, 2.45) is 5.92 Å². The molecule has 3 rings (SSSR count). The predicted octanol–water partition coefficient (Wildman–Crippen LogP) is 3.54. The summed E-state index contributed by atoms with van der Waals surface area (Å²) in [4.78, 5) is 13.6. The molecule has 0 bridgehead atoms. The average molecular weight is 453 g/mol. The Morgan fingerprint density at radius 2 is 1.68 bits per heavy atom. The van der Waals surface area contributed by atoms with Crippen LogP contribution in [0.4, 0.5) is 8.78 Å². The van der Waals surface area contributed by atoms with Crippen molar-refractivity contribution in [1.29, 1.82) is 0 Å². The fourth-order valence-electron chi connectivity index (χ4n) is 3.23. The minimum absolute atomic E-state index is 0.000420. The summed E-state index contributed by atoms with van der Waals surface area (Å²) >= 11 is 0. The third-order valence-electron chi connectivity index (χ3n) is 5.10. The number of ether oxygens (including phenoxy) is 1. The molecule has 168 valence electrons. The first-order chi connectivity index (χ1) is 14.7. The first-order valence-electron chi connectivity index (χ1n) is 10.2. The van der Waals surface area contributed by atoms with Gasteiger partial charge in [-0.2, -0.15) is 4.31 Å². The SMILES string of the molecule is CC(C)CCOc1ccc(C(=O)N2CCN(S(=O)(=O)c3cc(F)ccc3F)CC2)cc1. The molecule has 0 radical (unpaired) electrons. The molecule has 0 N–H and O–H groups in total. The number of benzene rings is 2. The molecular weight excluding hydrogens is 426 g/mol. The Labute approximate surface area is 181 Å². The molecule has 0 spiro atoms. The molecule has 2 aromatic rings. The van der Waals surface area contributed by atoms with Crippen molar-refractivity contribution >= 4 is 15.9 Å². The zero-order valence-corrected chi connectivity index (χ0v) is 18.4. The molecule has 31 heavy (non-hydrogen) atoms. The van der Waals surface area contributed by atoms with E-state index in [2.05, 4.69) is 13.8 Å². The van der Waals surface area contributed by atoms with Crippen LogP contribution in [0.5, 0.6) is 5.75 Å². The number of carbonyl (C=O) groups is 1. The van der Waals surface area contributed by atoms with Gasteiger partial charge in [0, 0.05) is 31.7 Å². The monoisotopic (exact) mass is 452 g/mol. The minimum atomic E-state index is -4.19. The fraction of sp³-hybridized carbons (Fsp3) is 0.409. The van der Waals surface area contributed by atoms with Crippen LogP contribution in [0.25, 0.3) is 0 Å². The van der Waals surface area contributed by atoms with Crippen LogP contribution in [0.15, 0.2) is 47.4 Å². The number of hydrogen-bond donors (Lipinski definition) is 0. The van der Waals surface area contributed by atoms with E-state index in [-0.39, 0.29) is 32.1 Å².